The Balaban J connectivity index is 2.05. The maximum Gasteiger partial charge on any atom is 0.320 e. The molecular weight excluding hydrogens is 246 g/mol. The van der Waals surface area contributed by atoms with Gasteiger partial charge in [0, 0.05) is 39.0 Å². The van der Waals surface area contributed by atoms with E-state index in [4.69, 9.17) is 5.11 Å². The highest BCUT2D eigenvalue weighted by Crippen LogP contribution is 2.21. The molecule has 2 amide bonds. The Bertz CT molecular complexity index is 463. The van der Waals surface area contributed by atoms with Crippen LogP contribution in [-0.2, 0) is 11.3 Å². The molecule has 1 aliphatic heterocycles. The molecule has 1 unspecified atom stereocenters. The predicted molar refractivity (Wildman–Crippen MR) is 68.5 cm³/mol. The molecule has 19 heavy (non-hydrogen) atoms. The third-order valence-electron chi connectivity index (χ3n) is 3.26. The summed E-state index contributed by atoms with van der Waals surface area (Å²) in [6.07, 6.45) is 3.96. The second kappa shape index (κ2) is 5.69. The summed E-state index contributed by atoms with van der Waals surface area (Å²) in [5.74, 6) is -0.830. The Morgan fingerprint density at radius 2 is 2.37 bits per heavy atom. The first-order valence-corrected chi connectivity index (χ1v) is 6.20. The monoisotopic (exact) mass is 263 g/mol. The largest absolute Gasteiger partial charge is 0.481 e. The molecule has 0 aromatic carbocycles. The summed E-state index contributed by atoms with van der Waals surface area (Å²) < 4.78 is 0. The second-order valence-electron chi connectivity index (χ2n) is 4.74. The third kappa shape index (κ3) is 3.21. The van der Waals surface area contributed by atoms with Crippen molar-refractivity contribution in [3.63, 3.8) is 0 Å². The number of carbonyl (C=O) groups excluding carboxylic acids is 1. The molecule has 1 aromatic rings. The van der Waals surface area contributed by atoms with Crippen molar-refractivity contribution >= 4 is 12.0 Å². The van der Waals surface area contributed by atoms with Crippen molar-refractivity contribution in [2.75, 3.05) is 13.6 Å². The molecule has 1 atom stereocenters. The summed E-state index contributed by atoms with van der Waals surface area (Å²) in [4.78, 5) is 30.1. The van der Waals surface area contributed by atoms with Crippen LogP contribution in [0, 0.1) is 0 Å². The number of likely N-dealkylation sites (N-methyl/N-ethyl adjacent to an activating group) is 1. The molecule has 1 N–H and O–H groups in total. The van der Waals surface area contributed by atoms with E-state index in [0.717, 1.165) is 5.56 Å². The molecule has 0 spiro atoms. The van der Waals surface area contributed by atoms with Crippen molar-refractivity contribution in [3.8, 4) is 0 Å². The number of aromatic nitrogens is 1. The van der Waals surface area contributed by atoms with Gasteiger partial charge >= 0.3 is 12.0 Å². The summed E-state index contributed by atoms with van der Waals surface area (Å²) in [5, 5.41) is 8.75. The lowest BCUT2D eigenvalue weighted by Gasteiger charge is -2.22. The van der Waals surface area contributed by atoms with Crippen LogP contribution in [0.4, 0.5) is 4.79 Å². The molecule has 6 heteroatoms. The zero-order chi connectivity index (χ0) is 13.8. The number of hydrogen-bond acceptors (Lipinski definition) is 3. The van der Waals surface area contributed by atoms with E-state index in [0.29, 0.717) is 19.5 Å². The maximum atomic E-state index is 12.0. The van der Waals surface area contributed by atoms with E-state index in [1.807, 2.05) is 12.1 Å². The van der Waals surface area contributed by atoms with Crippen LogP contribution in [0.15, 0.2) is 24.5 Å². The van der Waals surface area contributed by atoms with Gasteiger partial charge in [-0.2, -0.15) is 0 Å². The molecular formula is C13H17N3O3. The fourth-order valence-electron chi connectivity index (χ4n) is 2.29. The normalized spacial score (nSPS) is 19.0. The Kier molecular flexibility index (Phi) is 3.99. The van der Waals surface area contributed by atoms with Gasteiger partial charge < -0.3 is 14.9 Å². The predicted octanol–water partition coefficient (Wildman–Crippen LogP) is 1.18. The van der Waals surface area contributed by atoms with E-state index in [1.165, 1.54) is 0 Å². The van der Waals surface area contributed by atoms with Crippen molar-refractivity contribution in [3.05, 3.63) is 30.1 Å². The molecule has 1 saturated heterocycles. The zero-order valence-electron chi connectivity index (χ0n) is 10.8. The van der Waals surface area contributed by atoms with Crippen molar-refractivity contribution < 1.29 is 14.7 Å². The van der Waals surface area contributed by atoms with Crippen LogP contribution < -0.4 is 0 Å². The Labute approximate surface area is 111 Å². The van der Waals surface area contributed by atoms with Crippen molar-refractivity contribution in [2.45, 2.75) is 25.4 Å². The molecule has 6 nitrogen and oxygen atoms in total. The summed E-state index contributed by atoms with van der Waals surface area (Å²) in [6, 6.07) is 3.63. The molecule has 2 heterocycles. The molecule has 1 aromatic heterocycles. The first-order valence-electron chi connectivity index (χ1n) is 6.20. The van der Waals surface area contributed by atoms with E-state index in [1.54, 1.807) is 29.2 Å². The second-order valence-corrected chi connectivity index (χ2v) is 4.74. The fourth-order valence-corrected chi connectivity index (χ4v) is 2.29. The Morgan fingerprint density at radius 3 is 3.00 bits per heavy atom. The summed E-state index contributed by atoms with van der Waals surface area (Å²) in [6.45, 7) is 1.05. The van der Waals surface area contributed by atoms with Crippen molar-refractivity contribution in [2.24, 2.45) is 0 Å². The number of carboxylic acids is 1. The van der Waals surface area contributed by atoms with Crippen LogP contribution in [0.3, 0.4) is 0 Å². The third-order valence-corrected chi connectivity index (χ3v) is 3.26. The number of hydrogen-bond donors (Lipinski definition) is 1. The first kappa shape index (κ1) is 13.3. The van der Waals surface area contributed by atoms with Crippen LogP contribution in [0.5, 0.6) is 0 Å². The van der Waals surface area contributed by atoms with Gasteiger partial charge in [-0.05, 0) is 18.1 Å². The summed E-state index contributed by atoms with van der Waals surface area (Å²) in [5.41, 5.74) is 0.950. The highest BCUT2D eigenvalue weighted by molar-refractivity contribution is 5.77. The number of urea groups is 1. The van der Waals surface area contributed by atoms with Gasteiger partial charge in [0.15, 0.2) is 0 Å². The average molecular weight is 263 g/mol. The minimum Gasteiger partial charge on any atom is -0.481 e. The van der Waals surface area contributed by atoms with Gasteiger partial charge in [0.1, 0.15) is 0 Å². The lowest BCUT2D eigenvalue weighted by molar-refractivity contribution is -0.137. The zero-order valence-corrected chi connectivity index (χ0v) is 10.8. The number of nitrogens with zero attached hydrogens (tertiary/aromatic N) is 3. The van der Waals surface area contributed by atoms with Crippen LogP contribution in [0.1, 0.15) is 18.4 Å². The first-order chi connectivity index (χ1) is 9.08. The molecule has 0 radical (unpaired) electrons. The van der Waals surface area contributed by atoms with Crippen LogP contribution in [-0.4, -0.2) is 51.5 Å². The minimum atomic E-state index is -0.830. The van der Waals surface area contributed by atoms with Crippen LogP contribution in [0.2, 0.25) is 0 Å². The number of carboxylic acid groups (broad SMARTS) is 1. The summed E-state index contributed by atoms with van der Waals surface area (Å²) in [7, 11) is 1.74. The van der Waals surface area contributed by atoms with Crippen LogP contribution >= 0.6 is 0 Å². The standard InChI is InChI=1S/C13H17N3O3/c1-15-9-11(4-5-12(17)18)16(13(15)19)8-10-3-2-6-14-7-10/h2-3,6-7,11H,4-5,8-9H2,1H3,(H,17,18). The van der Waals surface area contributed by atoms with Gasteiger partial charge in [0.2, 0.25) is 0 Å². The van der Waals surface area contributed by atoms with E-state index in [9.17, 15) is 9.59 Å². The lowest BCUT2D eigenvalue weighted by atomic mass is 10.1. The van der Waals surface area contributed by atoms with E-state index >= 15 is 0 Å². The Morgan fingerprint density at radius 1 is 1.58 bits per heavy atom. The van der Waals surface area contributed by atoms with Gasteiger partial charge in [-0.15, -0.1) is 0 Å². The molecule has 0 aliphatic carbocycles. The van der Waals surface area contributed by atoms with E-state index in [-0.39, 0.29) is 18.5 Å². The number of pyridine rings is 1. The number of carbonyl (C=O) groups is 2. The highest BCUT2D eigenvalue weighted by atomic mass is 16.4. The SMILES string of the molecule is CN1CC(CCC(=O)O)N(Cc2cccnc2)C1=O. The van der Waals surface area contributed by atoms with Crippen LogP contribution in [0.25, 0.3) is 0 Å². The van der Waals surface area contributed by atoms with Crippen molar-refractivity contribution in [1.82, 2.24) is 14.8 Å². The van der Waals surface area contributed by atoms with E-state index < -0.39 is 5.97 Å². The molecule has 1 aliphatic rings. The highest BCUT2D eigenvalue weighted by Gasteiger charge is 2.34. The van der Waals surface area contributed by atoms with Crippen molar-refractivity contribution in [1.29, 1.82) is 0 Å². The average Bonchev–Trinajstić information content (AvgIpc) is 2.65. The summed E-state index contributed by atoms with van der Waals surface area (Å²) >= 11 is 0. The molecule has 0 bridgehead atoms. The molecule has 1 fully saturated rings. The van der Waals surface area contributed by atoms with Gasteiger partial charge in [-0.1, -0.05) is 6.07 Å². The Hall–Kier alpha value is -2.11. The maximum absolute atomic E-state index is 12.0. The smallest absolute Gasteiger partial charge is 0.320 e. The number of aliphatic carboxylic acids is 1. The fraction of sp³-hybridized carbons (Fsp3) is 0.462. The molecule has 2 rings (SSSR count). The van der Waals surface area contributed by atoms with Gasteiger partial charge in [0.05, 0.1) is 6.04 Å². The lowest BCUT2D eigenvalue weighted by Crippen LogP contribution is -2.34. The number of rotatable bonds is 5. The topological polar surface area (TPSA) is 73.7 Å². The van der Waals surface area contributed by atoms with Gasteiger partial charge in [-0.25, -0.2) is 4.79 Å². The minimum absolute atomic E-state index is 0.0474. The molecule has 102 valence electrons. The van der Waals surface area contributed by atoms with Gasteiger partial charge in [-0.3, -0.25) is 9.78 Å². The van der Waals surface area contributed by atoms with E-state index in [2.05, 4.69) is 4.98 Å². The quantitative estimate of drug-likeness (QED) is 0.865. The number of amides is 2. The molecule has 0 saturated carbocycles. The van der Waals surface area contributed by atoms with Gasteiger partial charge in [0.25, 0.3) is 0 Å².